The van der Waals surface area contributed by atoms with Crippen LogP contribution in [0.2, 0.25) is 0 Å². The number of hydrogen-bond acceptors (Lipinski definition) is 3. The van der Waals surface area contributed by atoms with Crippen LogP contribution in [0.3, 0.4) is 0 Å². The largest absolute Gasteiger partial charge is 0.457 e. The molecule has 1 unspecified atom stereocenters. The smallest absolute Gasteiger partial charge is 0.132 e. The molecule has 98 valence electrons. The zero-order chi connectivity index (χ0) is 13.2. The Morgan fingerprint density at radius 1 is 1.05 bits per heavy atom. The third kappa shape index (κ3) is 2.23. The third-order valence-electron chi connectivity index (χ3n) is 3.40. The fourth-order valence-corrected chi connectivity index (χ4v) is 2.43. The fourth-order valence-electron chi connectivity index (χ4n) is 2.43. The molecular weight excluding hydrogens is 238 g/mol. The summed E-state index contributed by atoms with van der Waals surface area (Å²) in [6.45, 7) is 2.09. The van der Waals surface area contributed by atoms with Gasteiger partial charge in [0.25, 0.3) is 0 Å². The molecule has 0 aromatic heterocycles. The molecule has 3 heteroatoms. The van der Waals surface area contributed by atoms with Crippen LogP contribution in [0.15, 0.2) is 48.5 Å². The van der Waals surface area contributed by atoms with E-state index in [1.54, 1.807) is 0 Å². The molecule has 19 heavy (non-hydrogen) atoms. The molecule has 0 radical (unpaired) electrons. The zero-order valence-corrected chi connectivity index (χ0v) is 10.8. The maximum atomic E-state index is 9.27. The van der Waals surface area contributed by atoms with E-state index in [0.717, 1.165) is 22.6 Å². The Morgan fingerprint density at radius 3 is 2.11 bits per heavy atom. The monoisotopic (exact) mass is 255 g/mol. The van der Waals surface area contributed by atoms with Gasteiger partial charge in [0.2, 0.25) is 0 Å². The standard InChI is InChI=1S/C16H17NO2/c1-11(10-18)17-16-12-6-2-4-8-14(12)19-15-9-5-3-7-13(15)16/h2-9,11,16-18H,10H2,1H3. The molecule has 0 aliphatic carbocycles. The van der Waals surface area contributed by atoms with Crippen molar-refractivity contribution in [3.63, 3.8) is 0 Å². The minimum Gasteiger partial charge on any atom is -0.457 e. The van der Waals surface area contributed by atoms with Gasteiger partial charge in [-0.25, -0.2) is 0 Å². The van der Waals surface area contributed by atoms with E-state index in [9.17, 15) is 5.11 Å². The molecule has 1 heterocycles. The summed E-state index contributed by atoms with van der Waals surface area (Å²) in [6, 6.07) is 16.1. The first-order valence-electron chi connectivity index (χ1n) is 6.52. The lowest BCUT2D eigenvalue weighted by Crippen LogP contribution is -2.35. The van der Waals surface area contributed by atoms with E-state index in [-0.39, 0.29) is 18.7 Å². The van der Waals surface area contributed by atoms with E-state index in [4.69, 9.17) is 4.74 Å². The van der Waals surface area contributed by atoms with Crippen LogP contribution in [0, 0.1) is 0 Å². The lowest BCUT2D eigenvalue weighted by atomic mass is 9.94. The quantitative estimate of drug-likeness (QED) is 0.886. The molecule has 1 aliphatic rings. The molecule has 0 bridgehead atoms. The second-order valence-corrected chi connectivity index (χ2v) is 4.86. The Morgan fingerprint density at radius 2 is 1.58 bits per heavy atom. The summed E-state index contributed by atoms with van der Waals surface area (Å²) in [6.07, 6.45) is 0. The second-order valence-electron chi connectivity index (χ2n) is 4.86. The van der Waals surface area contributed by atoms with Gasteiger partial charge in [0.15, 0.2) is 0 Å². The number of para-hydroxylation sites is 2. The highest BCUT2D eigenvalue weighted by molar-refractivity contribution is 5.52. The predicted octanol–water partition coefficient (Wildman–Crippen LogP) is 2.85. The highest BCUT2D eigenvalue weighted by Gasteiger charge is 2.27. The molecule has 3 nitrogen and oxygen atoms in total. The molecular formula is C16H17NO2. The molecule has 2 N–H and O–H groups in total. The SMILES string of the molecule is CC(CO)NC1c2ccccc2Oc2ccccc21. The van der Waals surface area contributed by atoms with E-state index >= 15 is 0 Å². The van der Waals surface area contributed by atoms with E-state index < -0.39 is 0 Å². The van der Waals surface area contributed by atoms with Crippen molar-refractivity contribution in [3.05, 3.63) is 59.7 Å². The second kappa shape index (κ2) is 5.03. The maximum Gasteiger partial charge on any atom is 0.132 e. The molecule has 0 fully saturated rings. The van der Waals surface area contributed by atoms with Crippen LogP contribution in [-0.4, -0.2) is 17.8 Å². The van der Waals surface area contributed by atoms with E-state index in [1.807, 2.05) is 43.3 Å². The van der Waals surface area contributed by atoms with Gasteiger partial charge >= 0.3 is 0 Å². The Balaban J connectivity index is 2.06. The van der Waals surface area contributed by atoms with Crippen LogP contribution < -0.4 is 10.1 Å². The minimum atomic E-state index is 0.0317. The van der Waals surface area contributed by atoms with Gasteiger partial charge in [-0.2, -0.15) is 0 Å². The van der Waals surface area contributed by atoms with Crippen molar-refractivity contribution < 1.29 is 9.84 Å². The summed E-state index contributed by atoms with van der Waals surface area (Å²) in [5, 5.41) is 12.7. The molecule has 1 aliphatic heterocycles. The predicted molar refractivity (Wildman–Crippen MR) is 74.5 cm³/mol. The lowest BCUT2D eigenvalue weighted by molar-refractivity contribution is 0.243. The first-order chi connectivity index (χ1) is 9.29. The zero-order valence-electron chi connectivity index (χ0n) is 10.8. The number of fused-ring (bicyclic) bond motifs is 2. The van der Waals surface area contributed by atoms with Gasteiger partial charge in [-0.05, 0) is 19.1 Å². The summed E-state index contributed by atoms with van der Waals surface area (Å²) in [4.78, 5) is 0. The van der Waals surface area contributed by atoms with Gasteiger partial charge in [-0.3, -0.25) is 0 Å². The summed E-state index contributed by atoms with van der Waals surface area (Å²) >= 11 is 0. The summed E-state index contributed by atoms with van der Waals surface area (Å²) in [5.41, 5.74) is 2.23. The molecule has 2 aromatic rings. The number of ether oxygens (including phenoxy) is 1. The van der Waals surface area contributed by atoms with Gasteiger partial charge in [0.05, 0.1) is 12.6 Å². The molecule has 0 saturated carbocycles. The number of nitrogens with one attached hydrogen (secondary N) is 1. The molecule has 2 aromatic carbocycles. The molecule has 1 atom stereocenters. The highest BCUT2D eigenvalue weighted by Crippen LogP contribution is 2.42. The topological polar surface area (TPSA) is 41.5 Å². The molecule has 0 saturated heterocycles. The van der Waals surface area contributed by atoms with Gasteiger partial charge in [-0.1, -0.05) is 36.4 Å². The average Bonchev–Trinajstić information content (AvgIpc) is 2.46. The van der Waals surface area contributed by atoms with Crippen LogP contribution in [0.1, 0.15) is 24.1 Å². The number of rotatable bonds is 3. The van der Waals surface area contributed by atoms with Gasteiger partial charge in [-0.15, -0.1) is 0 Å². The fraction of sp³-hybridized carbons (Fsp3) is 0.250. The maximum absolute atomic E-state index is 9.27. The van der Waals surface area contributed by atoms with E-state index in [0.29, 0.717) is 0 Å². The average molecular weight is 255 g/mol. The van der Waals surface area contributed by atoms with Crippen LogP contribution >= 0.6 is 0 Å². The number of aliphatic hydroxyl groups is 1. The van der Waals surface area contributed by atoms with Crippen molar-refractivity contribution in [1.82, 2.24) is 5.32 Å². The number of aliphatic hydroxyl groups excluding tert-OH is 1. The summed E-state index contributed by atoms with van der Waals surface area (Å²) < 4.78 is 5.92. The molecule has 0 amide bonds. The summed E-state index contributed by atoms with van der Waals surface area (Å²) in [5.74, 6) is 1.76. The van der Waals surface area contributed by atoms with Crippen molar-refractivity contribution in [2.45, 2.75) is 19.0 Å². The first-order valence-corrected chi connectivity index (χ1v) is 6.52. The van der Waals surface area contributed by atoms with Crippen molar-refractivity contribution in [3.8, 4) is 11.5 Å². The third-order valence-corrected chi connectivity index (χ3v) is 3.40. The van der Waals surface area contributed by atoms with Crippen LogP contribution in [-0.2, 0) is 0 Å². The van der Waals surface area contributed by atoms with Gasteiger partial charge in [0.1, 0.15) is 11.5 Å². The van der Waals surface area contributed by atoms with E-state index in [2.05, 4.69) is 17.4 Å². The van der Waals surface area contributed by atoms with Crippen molar-refractivity contribution in [2.75, 3.05) is 6.61 Å². The Kier molecular flexibility index (Phi) is 3.23. The lowest BCUT2D eigenvalue weighted by Gasteiger charge is -2.30. The van der Waals surface area contributed by atoms with Crippen LogP contribution in [0.25, 0.3) is 0 Å². The van der Waals surface area contributed by atoms with Crippen LogP contribution in [0.4, 0.5) is 0 Å². The highest BCUT2D eigenvalue weighted by atomic mass is 16.5. The normalized spacial score (nSPS) is 15.3. The molecule has 0 spiro atoms. The first kappa shape index (κ1) is 12.2. The van der Waals surface area contributed by atoms with Crippen molar-refractivity contribution in [2.24, 2.45) is 0 Å². The van der Waals surface area contributed by atoms with Gasteiger partial charge < -0.3 is 15.2 Å². The van der Waals surface area contributed by atoms with Crippen molar-refractivity contribution >= 4 is 0 Å². The van der Waals surface area contributed by atoms with Gasteiger partial charge in [0, 0.05) is 17.2 Å². The summed E-state index contributed by atoms with van der Waals surface area (Å²) in [7, 11) is 0. The van der Waals surface area contributed by atoms with Crippen LogP contribution in [0.5, 0.6) is 11.5 Å². The Labute approximate surface area is 112 Å². The minimum absolute atomic E-state index is 0.0317. The molecule has 3 rings (SSSR count). The Bertz CT molecular complexity index is 537. The number of hydrogen-bond donors (Lipinski definition) is 2. The number of benzene rings is 2. The van der Waals surface area contributed by atoms with E-state index in [1.165, 1.54) is 0 Å². The van der Waals surface area contributed by atoms with Crippen molar-refractivity contribution in [1.29, 1.82) is 0 Å². The Hall–Kier alpha value is -1.84.